The van der Waals surface area contributed by atoms with Gasteiger partial charge in [0.05, 0.1) is 6.54 Å². The second-order valence-electron chi connectivity index (χ2n) is 4.28. The van der Waals surface area contributed by atoms with Gasteiger partial charge in [-0.1, -0.05) is 18.2 Å². The Morgan fingerprint density at radius 3 is 2.95 bits per heavy atom. The zero-order valence-electron chi connectivity index (χ0n) is 10.1. The quantitative estimate of drug-likeness (QED) is 0.796. The molecule has 0 fully saturated rings. The number of carbonyl (C=O) groups is 1. The van der Waals surface area contributed by atoms with Crippen LogP contribution >= 0.6 is 27.3 Å². The third kappa shape index (κ3) is 2.53. The summed E-state index contributed by atoms with van der Waals surface area (Å²) in [7, 11) is 0. The number of benzene rings is 1. The van der Waals surface area contributed by atoms with E-state index in [-0.39, 0.29) is 5.91 Å². The third-order valence-corrected chi connectivity index (χ3v) is 4.88. The van der Waals surface area contributed by atoms with Gasteiger partial charge < -0.3 is 9.64 Å². The molecular weight excluding hydrogens is 326 g/mol. The van der Waals surface area contributed by atoms with Crippen molar-refractivity contribution in [3.05, 3.63) is 50.6 Å². The van der Waals surface area contributed by atoms with Crippen molar-refractivity contribution < 1.29 is 9.53 Å². The first-order chi connectivity index (χ1) is 9.25. The van der Waals surface area contributed by atoms with Crippen LogP contribution in [0.4, 0.5) is 0 Å². The van der Waals surface area contributed by atoms with Crippen LogP contribution in [0.3, 0.4) is 0 Å². The van der Waals surface area contributed by atoms with Gasteiger partial charge in [0.1, 0.15) is 17.2 Å². The van der Waals surface area contributed by atoms with Gasteiger partial charge in [-0.3, -0.25) is 4.79 Å². The lowest BCUT2D eigenvalue weighted by molar-refractivity contribution is 0.0737. The van der Waals surface area contributed by atoms with Gasteiger partial charge in [0.15, 0.2) is 0 Å². The highest BCUT2D eigenvalue weighted by Gasteiger charge is 2.22. The summed E-state index contributed by atoms with van der Waals surface area (Å²) in [6.45, 7) is 1.74. The van der Waals surface area contributed by atoms with Gasteiger partial charge in [0, 0.05) is 16.6 Å². The van der Waals surface area contributed by atoms with Crippen LogP contribution in [-0.2, 0) is 6.54 Å². The molecule has 1 aromatic carbocycles. The van der Waals surface area contributed by atoms with Crippen LogP contribution in [0.5, 0.6) is 5.75 Å². The molecule has 1 aromatic heterocycles. The molecule has 2 heterocycles. The van der Waals surface area contributed by atoms with E-state index in [2.05, 4.69) is 15.9 Å². The number of hydrogen-bond acceptors (Lipinski definition) is 3. The van der Waals surface area contributed by atoms with Crippen molar-refractivity contribution in [1.82, 2.24) is 4.90 Å². The molecule has 3 rings (SSSR count). The summed E-state index contributed by atoms with van der Waals surface area (Å²) in [6.07, 6.45) is 0. The van der Waals surface area contributed by atoms with Gasteiger partial charge in [-0.25, -0.2) is 0 Å². The standard InChI is InChI=1S/C14H12BrNO2S/c15-11-5-8-19-13(11)14(17)16-6-7-18-12-4-2-1-3-10(12)9-16/h1-5,8H,6-7,9H2. The lowest BCUT2D eigenvalue weighted by Crippen LogP contribution is -2.32. The Labute approximate surface area is 123 Å². The molecule has 0 unspecified atom stereocenters. The molecule has 1 amide bonds. The highest BCUT2D eigenvalue weighted by Crippen LogP contribution is 2.27. The fourth-order valence-electron chi connectivity index (χ4n) is 2.09. The lowest BCUT2D eigenvalue weighted by Gasteiger charge is -2.19. The minimum absolute atomic E-state index is 0.0576. The summed E-state index contributed by atoms with van der Waals surface area (Å²) in [5, 5.41) is 1.92. The van der Waals surface area contributed by atoms with Crippen molar-refractivity contribution in [3.63, 3.8) is 0 Å². The smallest absolute Gasteiger partial charge is 0.265 e. The molecule has 0 N–H and O–H groups in total. The average Bonchev–Trinajstić information content (AvgIpc) is 2.73. The Hall–Kier alpha value is -1.33. The van der Waals surface area contributed by atoms with Crippen LogP contribution in [0.15, 0.2) is 40.2 Å². The number of ether oxygens (including phenoxy) is 1. The minimum Gasteiger partial charge on any atom is -0.491 e. The van der Waals surface area contributed by atoms with Gasteiger partial charge in [-0.2, -0.15) is 0 Å². The second kappa shape index (κ2) is 5.35. The molecule has 0 atom stereocenters. The van der Waals surface area contributed by atoms with E-state index >= 15 is 0 Å². The molecule has 0 saturated heterocycles. The highest BCUT2D eigenvalue weighted by atomic mass is 79.9. The number of halogens is 1. The summed E-state index contributed by atoms with van der Waals surface area (Å²) in [5.41, 5.74) is 1.06. The first kappa shape index (κ1) is 12.7. The van der Waals surface area contributed by atoms with Gasteiger partial charge in [0.2, 0.25) is 0 Å². The maximum atomic E-state index is 12.5. The maximum Gasteiger partial charge on any atom is 0.265 e. The summed E-state index contributed by atoms with van der Waals surface area (Å²) in [5.74, 6) is 0.935. The molecule has 2 aromatic rings. The second-order valence-corrected chi connectivity index (χ2v) is 6.05. The van der Waals surface area contributed by atoms with E-state index in [9.17, 15) is 4.79 Å². The van der Waals surface area contributed by atoms with Crippen LogP contribution in [0.25, 0.3) is 0 Å². The highest BCUT2D eigenvalue weighted by molar-refractivity contribution is 9.10. The van der Waals surface area contributed by atoms with Gasteiger partial charge >= 0.3 is 0 Å². The predicted octanol–water partition coefficient (Wildman–Crippen LogP) is 3.55. The molecule has 0 saturated carbocycles. The predicted molar refractivity (Wildman–Crippen MR) is 78.7 cm³/mol. The maximum absolute atomic E-state index is 12.5. The van der Waals surface area contributed by atoms with E-state index in [0.29, 0.717) is 19.7 Å². The van der Waals surface area contributed by atoms with Crippen LogP contribution in [-0.4, -0.2) is 24.0 Å². The number of para-hydroxylation sites is 1. The summed E-state index contributed by atoms with van der Waals surface area (Å²) >= 11 is 4.88. The fourth-order valence-corrected chi connectivity index (χ4v) is 3.60. The topological polar surface area (TPSA) is 29.5 Å². The number of carbonyl (C=O) groups excluding carboxylic acids is 1. The molecule has 98 valence electrons. The molecule has 1 aliphatic rings. The molecule has 0 aliphatic carbocycles. The zero-order chi connectivity index (χ0) is 13.2. The Bertz CT molecular complexity index is 611. The Kier molecular flexibility index (Phi) is 3.57. The number of hydrogen-bond donors (Lipinski definition) is 0. The van der Waals surface area contributed by atoms with Crippen molar-refractivity contribution in [2.24, 2.45) is 0 Å². The van der Waals surface area contributed by atoms with Crippen LogP contribution in [0, 0.1) is 0 Å². The van der Waals surface area contributed by atoms with Crippen molar-refractivity contribution in [3.8, 4) is 5.75 Å². The largest absolute Gasteiger partial charge is 0.491 e. The van der Waals surface area contributed by atoms with Crippen LogP contribution in [0.2, 0.25) is 0 Å². The molecule has 1 aliphatic heterocycles. The number of fused-ring (bicyclic) bond motifs is 1. The molecule has 3 nitrogen and oxygen atoms in total. The van der Waals surface area contributed by atoms with E-state index < -0.39 is 0 Å². The minimum atomic E-state index is 0.0576. The lowest BCUT2D eigenvalue weighted by atomic mass is 10.2. The van der Waals surface area contributed by atoms with Crippen LogP contribution < -0.4 is 4.74 Å². The van der Waals surface area contributed by atoms with Gasteiger partial charge in [-0.15, -0.1) is 11.3 Å². The van der Waals surface area contributed by atoms with Crippen molar-refractivity contribution in [2.45, 2.75) is 6.54 Å². The summed E-state index contributed by atoms with van der Waals surface area (Å²) in [4.78, 5) is 15.1. The van der Waals surface area contributed by atoms with Crippen LogP contribution in [0.1, 0.15) is 15.2 Å². The Balaban J connectivity index is 1.87. The molecular formula is C14H12BrNO2S. The van der Waals surface area contributed by atoms with Gasteiger partial charge in [0.25, 0.3) is 5.91 Å². The third-order valence-electron chi connectivity index (χ3n) is 3.05. The molecule has 0 spiro atoms. The monoisotopic (exact) mass is 337 g/mol. The average molecular weight is 338 g/mol. The Morgan fingerprint density at radius 1 is 1.32 bits per heavy atom. The summed E-state index contributed by atoms with van der Waals surface area (Å²) in [6, 6.07) is 9.78. The first-order valence-electron chi connectivity index (χ1n) is 5.98. The van der Waals surface area contributed by atoms with E-state index in [4.69, 9.17) is 4.74 Å². The van der Waals surface area contributed by atoms with E-state index in [0.717, 1.165) is 20.7 Å². The van der Waals surface area contributed by atoms with E-state index in [1.54, 1.807) is 0 Å². The SMILES string of the molecule is O=C(c1sccc1Br)N1CCOc2ccccc2C1. The number of rotatable bonds is 1. The first-order valence-corrected chi connectivity index (χ1v) is 7.66. The van der Waals surface area contributed by atoms with Crippen molar-refractivity contribution in [2.75, 3.05) is 13.2 Å². The van der Waals surface area contributed by atoms with E-state index in [1.165, 1.54) is 11.3 Å². The van der Waals surface area contributed by atoms with Gasteiger partial charge in [-0.05, 0) is 33.4 Å². The molecule has 5 heteroatoms. The molecule has 19 heavy (non-hydrogen) atoms. The van der Waals surface area contributed by atoms with Crippen molar-refractivity contribution >= 4 is 33.2 Å². The fraction of sp³-hybridized carbons (Fsp3) is 0.214. The Morgan fingerprint density at radius 2 is 2.16 bits per heavy atom. The van der Waals surface area contributed by atoms with E-state index in [1.807, 2.05) is 40.6 Å². The summed E-state index contributed by atoms with van der Waals surface area (Å²) < 4.78 is 6.54. The number of nitrogens with zero attached hydrogens (tertiary/aromatic N) is 1. The zero-order valence-corrected chi connectivity index (χ0v) is 12.5. The number of thiophene rings is 1. The molecule has 0 radical (unpaired) electrons. The number of amides is 1. The normalized spacial score (nSPS) is 14.5. The molecule has 0 bridgehead atoms. The van der Waals surface area contributed by atoms with Crippen molar-refractivity contribution in [1.29, 1.82) is 0 Å².